The average molecular weight is 345 g/mol. The minimum Gasteiger partial charge on any atom is -0.398 e. The number of nitrogens with one attached hydrogen (secondary N) is 1. The molecule has 1 saturated heterocycles. The molecule has 4 rings (SSSR count). The summed E-state index contributed by atoms with van der Waals surface area (Å²) in [4.78, 5) is 2.14. The maximum atomic E-state index is 6.40. The summed E-state index contributed by atoms with van der Waals surface area (Å²) >= 11 is 5.59. The molecule has 1 unspecified atom stereocenters. The lowest BCUT2D eigenvalue weighted by Crippen LogP contribution is -2.74. The van der Waals surface area contributed by atoms with Gasteiger partial charge in [0.15, 0.2) is 10.8 Å². The summed E-state index contributed by atoms with van der Waals surface area (Å²) in [5, 5.41) is 4.17. The highest BCUT2D eigenvalue weighted by molar-refractivity contribution is 7.80. The molecule has 0 saturated carbocycles. The third-order valence-electron chi connectivity index (χ3n) is 4.63. The highest BCUT2D eigenvalue weighted by Gasteiger charge is 2.52. The molecule has 3 aromatic carbocycles. The first-order valence-electron chi connectivity index (χ1n) is 8.22. The fourth-order valence-electron chi connectivity index (χ4n) is 3.46. The summed E-state index contributed by atoms with van der Waals surface area (Å²) in [7, 11) is 0. The van der Waals surface area contributed by atoms with Crippen LogP contribution in [0.1, 0.15) is 16.7 Å². The average Bonchev–Trinajstić information content (AvgIpc) is 2.63. The van der Waals surface area contributed by atoms with Gasteiger partial charge < -0.3 is 11.1 Å². The Labute approximate surface area is 153 Å². The van der Waals surface area contributed by atoms with Gasteiger partial charge in [0.1, 0.15) is 0 Å². The lowest BCUT2D eigenvalue weighted by Gasteiger charge is -2.56. The zero-order valence-corrected chi connectivity index (χ0v) is 14.8. The smallest absolute Gasteiger partial charge is 0.178 e. The SMILES string of the molecule is Cc1ccc(N)c(C2(c3ccccc3)NC(=S)N2c2ccccc2)c1. The number of benzene rings is 3. The highest BCUT2D eigenvalue weighted by atomic mass is 32.1. The number of rotatable bonds is 3. The van der Waals surface area contributed by atoms with Crippen LogP contribution in [-0.2, 0) is 5.66 Å². The number of hydrogen-bond acceptors (Lipinski definition) is 2. The van der Waals surface area contributed by atoms with E-state index in [1.165, 1.54) is 0 Å². The predicted molar refractivity (Wildman–Crippen MR) is 107 cm³/mol. The lowest BCUT2D eigenvalue weighted by atomic mass is 9.84. The summed E-state index contributed by atoms with van der Waals surface area (Å²) in [6.07, 6.45) is 0. The molecule has 1 atom stereocenters. The zero-order chi connectivity index (χ0) is 17.4. The van der Waals surface area contributed by atoms with Crippen molar-refractivity contribution in [2.24, 2.45) is 0 Å². The Hall–Kier alpha value is -2.85. The van der Waals surface area contributed by atoms with Crippen molar-refractivity contribution in [1.29, 1.82) is 0 Å². The predicted octanol–water partition coefficient (Wildman–Crippen LogP) is 4.17. The lowest BCUT2D eigenvalue weighted by molar-refractivity contribution is 0.428. The Morgan fingerprint density at radius 3 is 2.20 bits per heavy atom. The first kappa shape index (κ1) is 15.7. The number of aryl methyl sites for hydroxylation is 1. The van der Waals surface area contributed by atoms with Crippen molar-refractivity contribution in [3.8, 4) is 0 Å². The quantitative estimate of drug-likeness (QED) is 0.552. The molecule has 3 N–H and O–H groups in total. The molecule has 0 bridgehead atoms. The molecule has 0 aromatic heterocycles. The summed E-state index contributed by atoms with van der Waals surface area (Å²) in [5.74, 6) is 0. The van der Waals surface area contributed by atoms with Crippen LogP contribution in [0.25, 0.3) is 0 Å². The van der Waals surface area contributed by atoms with Gasteiger partial charge in [-0.3, -0.25) is 4.90 Å². The van der Waals surface area contributed by atoms with Crippen LogP contribution in [0.3, 0.4) is 0 Å². The third kappa shape index (κ3) is 2.37. The number of nitrogens with zero attached hydrogens (tertiary/aromatic N) is 1. The Balaban J connectivity index is 1.98. The van der Waals surface area contributed by atoms with E-state index in [-0.39, 0.29) is 0 Å². The monoisotopic (exact) mass is 345 g/mol. The molecule has 1 aliphatic rings. The van der Waals surface area contributed by atoms with Gasteiger partial charge in [-0.15, -0.1) is 0 Å². The second-order valence-electron chi connectivity index (χ2n) is 6.27. The van der Waals surface area contributed by atoms with Gasteiger partial charge in [0, 0.05) is 22.5 Å². The minimum absolute atomic E-state index is 0.601. The van der Waals surface area contributed by atoms with Crippen LogP contribution in [0.5, 0.6) is 0 Å². The Bertz CT molecular complexity index is 924. The van der Waals surface area contributed by atoms with Crippen LogP contribution in [0.15, 0.2) is 78.9 Å². The van der Waals surface area contributed by atoms with Crippen molar-refractivity contribution in [2.45, 2.75) is 12.6 Å². The van der Waals surface area contributed by atoms with Gasteiger partial charge in [0.25, 0.3) is 0 Å². The van der Waals surface area contributed by atoms with E-state index in [4.69, 9.17) is 18.0 Å². The van der Waals surface area contributed by atoms with Gasteiger partial charge in [-0.2, -0.15) is 0 Å². The largest absolute Gasteiger partial charge is 0.398 e. The number of nitrogens with two attached hydrogens (primary N) is 1. The molecule has 3 aromatic rings. The van der Waals surface area contributed by atoms with Crippen molar-refractivity contribution in [1.82, 2.24) is 5.32 Å². The van der Waals surface area contributed by atoms with Crippen molar-refractivity contribution >= 4 is 28.7 Å². The third-order valence-corrected chi connectivity index (χ3v) is 4.92. The van der Waals surface area contributed by atoms with E-state index in [1.807, 2.05) is 48.5 Å². The molecule has 0 spiro atoms. The molecule has 1 aliphatic heterocycles. The Kier molecular flexibility index (Phi) is 3.70. The molecule has 0 aliphatic carbocycles. The first-order chi connectivity index (χ1) is 12.1. The number of anilines is 2. The number of para-hydroxylation sites is 1. The van der Waals surface area contributed by atoms with Gasteiger partial charge in [0.2, 0.25) is 0 Å². The maximum absolute atomic E-state index is 6.40. The second kappa shape index (κ2) is 5.90. The summed E-state index contributed by atoms with van der Waals surface area (Å²) in [6, 6.07) is 26.6. The second-order valence-corrected chi connectivity index (χ2v) is 6.65. The van der Waals surface area contributed by atoms with Crippen molar-refractivity contribution < 1.29 is 0 Å². The van der Waals surface area contributed by atoms with Crippen molar-refractivity contribution in [2.75, 3.05) is 10.6 Å². The number of hydrogen-bond donors (Lipinski definition) is 2. The van der Waals surface area contributed by atoms with E-state index in [2.05, 4.69) is 47.5 Å². The zero-order valence-electron chi connectivity index (χ0n) is 13.9. The van der Waals surface area contributed by atoms with Gasteiger partial charge in [-0.25, -0.2) is 0 Å². The molecular formula is C21H19N3S. The highest BCUT2D eigenvalue weighted by Crippen LogP contribution is 2.45. The molecule has 1 fully saturated rings. The topological polar surface area (TPSA) is 41.3 Å². The fraction of sp³-hybridized carbons (Fsp3) is 0.0952. The molecule has 0 amide bonds. The van der Waals surface area contributed by atoms with E-state index >= 15 is 0 Å². The Morgan fingerprint density at radius 1 is 0.920 bits per heavy atom. The minimum atomic E-state index is -0.601. The molecule has 25 heavy (non-hydrogen) atoms. The summed E-state index contributed by atoms with van der Waals surface area (Å²) < 4.78 is 0. The fourth-order valence-corrected chi connectivity index (χ4v) is 3.85. The van der Waals surface area contributed by atoms with E-state index < -0.39 is 5.66 Å². The van der Waals surface area contributed by atoms with E-state index in [0.717, 1.165) is 28.1 Å². The standard InChI is InChI=1S/C21H19N3S/c1-15-12-13-19(22)18(14-15)21(16-8-4-2-5-9-16)23-20(25)24(21)17-10-6-3-7-11-17/h2-14H,22H2,1H3,(H,23,25). The summed E-state index contributed by atoms with van der Waals surface area (Å²) in [6.45, 7) is 2.07. The van der Waals surface area contributed by atoms with Gasteiger partial charge in [0.05, 0.1) is 0 Å². The van der Waals surface area contributed by atoms with E-state index in [1.54, 1.807) is 0 Å². The van der Waals surface area contributed by atoms with Crippen molar-refractivity contribution in [3.05, 3.63) is 95.6 Å². The number of nitrogen functional groups attached to an aromatic ring is 1. The van der Waals surface area contributed by atoms with Crippen LogP contribution in [0.4, 0.5) is 11.4 Å². The first-order valence-corrected chi connectivity index (χ1v) is 8.63. The van der Waals surface area contributed by atoms with Gasteiger partial charge >= 0.3 is 0 Å². The molecule has 4 heteroatoms. The van der Waals surface area contributed by atoms with Crippen LogP contribution in [-0.4, -0.2) is 5.11 Å². The molecule has 0 radical (unpaired) electrons. The van der Waals surface area contributed by atoms with Crippen LogP contribution < -0.4 is 16.0 Å². The van der Waals surface area contributed by atoms with Crippen LogP contribution in [0, 0.1) is 6.92 Å². The number of thiocarbonyl (C=S) groups is 1. The van der Waals surface area contributed by atoms with Gasteiger partial charge in [-0.1, -0.05) is 60.2 Å². The van der Waals surface area contributed by atoms with E-state index in [0.29, 0.717) is 5.11 Å². The van der Waals surface area contributed by atoms with E-state index in [9.17, 15) is 0 Å². The normalized spacial score (nSPS) is 19.2. The maximum Gasteiger partial charge on any atom is 0.178 e. The van der Waals surface area contributed by atoms with Crippen LogP contribution in [0.2, 0.25) is 0 Å². The summed E-state index contributed by atoms with van der Waals surface area (Å²) in [5.41, 5.74) is 10.8. The molecule has 124 valence electrons. The van der Waals surface area contributed by atoms with Crippen molar-refractivity contribution in [3.63, 3.8) is 0 Å². The molecule has 3 nitrogen and oxygen atoms in total. The van der Waals surface area contributed by atoms with Gasteiger partial charge in [-0.05, 0) is 43.4 Å². The Morgan fingerprint density at radius 2 is 1.56 bits per heavy atom. The molecule has 1 heterocycles. The molecular weight excluding hydrogens is 326 g/mol. The van der Waals surface area contributed by atoms with Crippen LogP contribution >= 0.6 is 12.2 Å².